The molecular formula is C11H14Cl3NO. The highest BCUT2D eigenvalue weighted by Crippen LogP contribution is 2.36. The number of aliphatic hydroxyl groups excluding tert-OH is 1. The first-order valence-electron chi connectivity index (χ1n) is 4.93. The van der Waals surface area contributed by atoms with Crippen LogP contribution in [0.15, 0.2) is 12.1 Å². The lowest BCUT2D eigenvalue weighted by atomic mass is 9.94. The van der Waals surface area contributed by atoms with Crippen LogP contribution < -0.4 is 5.73 Å². The molecule has 0 aliphatic heterocycles. The number of aliphatic hydroxyl groups is 1. The summed E-state index contributed by atoms with van der Waals surface area (Å²) in [4.78, 5) is 0. The van der Waals surface area contributed by atoms with Gasteiger partial charge in [-0.15, -0.1) is 0 Å². The van der Waals surface area contributed by atoms with Crippen LogP contribution in [0.3, 0.4) is 0 Å². The van der Waals surface area contributed by atoms with Crippen LogP contribution in [0.4, 0.5) is 0 Å². The Bertz CT molecular complexity index is 382. The lowest BCUT2D eigenvalue weighted by molar-refractivity contribution is 0.0980. The summed E-state index contributed by atoms with van der Waals surface area (Å²) in [6, 6.07) is 2.58. The number of nitrogens with two attached hydrogens (primary N) is 1. The smallest absolute Gasteiger partial charge is 0.0756 e. The Balaban J connectivity index is 3.17. The van der Waals surface area contributed by atoms with Crippen molar-refractivity contribution in [1.29, 1.82) is 0 Å². The fourth-order valence-electron chi connectivity index (χ4n) is 1.43. The van der Waals surface area contributed by atoms with E-state index < -0.39 is 12.1 Å². The largest absolute Gasteiger partial charge is 0.391 e. The van der Waals surface area contributed by atoms with E-state index in [4.69, 9.17) is 40.5 Å². The molecule has 2 nitrogen and oxygen atoms in total. The fourth-order valence-corrected chi connectivity index (χ4v) is 2.22. The van der Waals surface area contributed by atoms with E-state index in [-0.39, 0.29) is 5.92 Å². The Morgan fingerprint density at radius 2 is 1.62 bits per heavy atom. The van der Waals surface area contributed by atoms with E-state index in [9.17, 15) is 5.11 Å². The molecule has 1 aromatic rings. The number of hydrogen-bond donors (Lipinski definition) is 2. The summed E-state index contributed by atoms with van der Waals surface area (Å²) in [5.41, 5.74) is 6.43. The van der Waals surface area contributed by atoms with Crippen molar-refractivity contribution in [2.45, 2.75) is 26.0 Å². The van der Waals surface area contributed by atoms with Crippen molar-refractivity contribution in [3.05, 3.63) is 32.8 Å². The molecule has 5 heteroatoms. The molecule has 0 aromatic heterocycles. The Labute approximate surface area is 110 Å². The summed E-state index contributed by atoms with van der Waals surface area (Å²) >= 11 is 17.9. The number of hydrogen-bond acceptors (Lipinski definition) is 2. The summed E-state index contributed by atoms with van der Waals surface area (Å²) in [5, 5.41) is 11.0. The van der Waals surface area contributed by atoms with E-state index in [1.165, 1.54) is 0 Å². The van der Waals surface area contributed by atoms with Gasteiger partial charge in [-0.25, -0.2) is 0 Å². The highest BCUT2D eigenvalue weighted by molar-refractivity contribution is 6.44. The first-order valence-corrected chi connectivity index (χ1v) is 6.06. The zero-order valence-electron chi connectivity index (χ0n) is 9.05. The molecule has 0 bridgehead atoms. The van der Waals surface area contributed by atoms with Crippen LogP contribution in [0.1, 0.15) is 25.5 Å². The summed E-state index contributed by atoms with van der Waals surface area (Å²) in [7, 11) is 0. The third kappa shape index (κ3) is 2.82. The van der Waals surface area contributed by atoms with Gasteiger partial charge in [-0.1, -0.05) is 48.7 Å². The molecule has 0 aliphatic carbocycles. The van der Waals surface area contributed by atoms with Crippen molar-refractivity contribution in [1.82, 2.24) is 0 Å². The van der Waals surface area contributed by atoms with E-state index in [2.05, 4.69) is 0 Å². The quantitative estimate of drug-likeness (QED) is 0.831. The summed E-state index contributed by atoms with van der Waals surface area (Å²) in [6.07, 6.45) is -0.714. The van der Waals surface area contributed by atoms with Gasteiger partial charge in [0.25, 0.3) is 0 Å². The molecule has 0 saturated heterocycles. The first-order chi connectivity index (χ1) is 7.36. The maximum absolute atomic E-state index is 9.90. The zero-order valence-corrected chi connectivity index (χ0v) is 11.3. The average Bonchev–Trinajstić information content (AvgIpc) is 2.22. The molecule has 0 heterocycles. The molecule has 0 fully saturated rings. The summed E-state index contributed by atoms with van der Waals surface area (Å²) in [6.45, 7) is 3.74. The molecule has 0 aliphatic rings. The minimum atomic E-state index is -0.714. The van der Waals surface area contributed by atoms with E-state index in [0.717, 1.165) is 0 Å². The highest BCUT2D eigenvalue weighted by Gasteiger charge is 2.25. The van der Waals surface area contributed by atoms with Gasteiger partial charge in [0.15, 0.2) is 0 Å². The lowest BCUT2D eigenvalue weighted by Crippen LogP contribution is -2.31. The van der Waals surface area contributed by atoms with Gasteiger partial charge in [0.1, 0.15) is 0 Å². The topological polar surface area (TPSA) is 46.2 Å². The molecule has 16 heavy (non-hydrogen) atoms. The lowest BCUT2D eigenvalue weighted by Gasteiger charge is -2.24. The summed E-state index contributed by atoms with van der Waals surface area (Å²) in [5.74, 6) is 0.0149. The fraction of sp³-hybridized carbons (Fsp3) is 0.455. The first kappa shape index (κ1) is 14.1. The predicted molar refractivity (Wildman–Crippen MR) is 69.2 cm³/mol. The van der Waals surface area contributed by atoms with Gasteiger partial charge in [-0.2, -0.15) is 0 Å². The van der Waals surface area contributed by atoms with Crippen LogP contribution >= 0.6 is 34.8 Å². The highest BCUT2D eigenvalue weighted by atomic mass is 35.5. The Hall–Kier alpha value is 0.01000. The monoisotopic (exact) mass is 281 g/mol. The molecule has 0 saturated carbocycles. The minimum absolute atomic E-state index is 0.0149. The van der Waals surface area contributed by atoms with Crippen LogP contribution in [0, 0.1) is 5.92 Å². The standard InChI is InChI=1S/C11H14Cl3NO/c1-5(2)11(16)10(15)8-6(12)3-4-7(13)9(8)14/h3-5,10-11,16H,15H2,1-2H3/t10-,11+/m1/s1. The number of benzene rings is 1. The van der Waals surface area contributed by atoms with E-state index in [1.807, 2.05) is 13.8 Å². The second-order valence-corrected chi connectivity index (χ2v) is 5.21. The second-order valence-electron chi connectivity index (χ2n) is 4.02. The van der Waals surface area contributed by atoms with Gasteiger partial charge >= 0.3 is 0 Å². The van der Waals surface area contributed by atoms with Gasteiger partial charge in [0.05, 0.1) is 22.2 Å². The molecule has 2 atom stereocenters. The van der Waals surface area contributed by atoms with Crippen molar-refractivity contribution in [3.8, 4) is 0 Å². The van der Waals surface area contributed by atoms with Crippen LogP contribution in [-0.2, 0) is 0 Å². The molecule has 0 unspecified atom stereocenters. The summed E-state index contributed by atoms with van der Waals surface area (Å²) < 4.78 is 0. The predicted octanol–water partition coefficient (Wildman–Crippen LogP) is 3.66. The molecule has 0 radical (unpaired) electrons. The van der Waals surface area contributed by atoms with E-state index >= 15 is 0 Å². The van der Waals surface area contributed by atoms with Gasteiger partial charge in [0, 0.05) is 10.6 Å². The number of halogens is 3. The third-order valence-electron chi connectivity index (χ3n) is 2.46. The van der Waals surface area contributed by atoms with Gasteiger partial charge in [-0.05, 0) is 18.1 Å². The van der Waals surface area contributed by atoms with E-state index in [0.29, 0.717) is 20.6 Å². The molecular weight excluding hydrogens is 268 g/mol. The maximum Gasteiger partial charge on any atom is 0.0756 e. The molecule has 1 aromatic carbocycles. The molecule has 90 valence electrons. The normalized spacial score (nSPS) is 15.2. The zero-order chi connectivity index (χ0) is 12.5. The van der Waals surface area contributed by atoms with Gasteiger partial charge < -0.3 is 10.8 Å². The molecule has 1 rings (SSSR count). The SMILES string of the molecule is CC(C)[C@H](O)[C@H](N)c1c(Cl)ccc(Cl)c1Cl. The Morgan fingerprint density at radius 3 is 2.12 bits per heavy atom. The van der Waals surface area contributed by atoms with Crippen molar-refractivity contribution in [2.24, 2.45) is 11.7 Å². The van der Waals surface area contributed by atoms with Gasteiger partial charge in [0.2, 0.25) is 0 Å². The van der Waals surface area contributed by atoms with Crippen LogP contribution in [0.25, 0.3) is 0 Å². The number of rotatable bonds is 3. The maximum atomic E-state index is 9.90. The Morgan fingerprint density at radius 1 is 1.12 bits per heavy atom. The van der Waals surface area contributed by atoms with Crippen molar-refractivity contribution in [3.63, 3.8) is 0 Å². The van der Waals surface area contributed by atoms with Crippen molar-refractivity contribution in [2.75, 3.05) is 0 Å². The molecule has 3 N–H and O–H groups in total. The van der Waals surface area contributed by atoms with Crippen LogP contribution in [0.5, 0.6) is 0 Å². The average molecular weight is 283 g/mol. The Kier molecular flexibility index (Phi) is 4.89. The molecule has 0 amide bonds. The third-order valence-corrected chi connectivity index (χ3v) is 3.61. The van der Waals surface area contributed by atoms with Crippen molar-refractivity contribution < 1.29 is 5.11 Å². The van der Waals surface area contributed by atoms with Gasteiger partial charge in [-0.3, -0.25) is 0 Å². The van der Waals surface area contributed by atoms with Crippen molar-refractivity contribution >= 4 is 34.8 Å². The van der Waals surface area contributed by atoms with Crippen LogP contribution in [0.2, 0.25) is 15.1 Å². The second kappa shape index (κ2) is 5.56. The van der Waals surface area contributed by atoms with E-state index in [1.54, 1.807) is 12.1 Å². The minimum Gasteiger partial charge on any atom is -0.391 e. The molecule has 0 spiro atoms. The van der Waals surface area contributed by atoms with Crippen LogP contribution in [-0.4, -0.2) is 11.2 Å².